The summed E-state index contributed by atoms with van der Waals surface area (Å²) in [6.07, 6.45) is 5.07. The summed E-state index contributed by atoms with van der Waals surface area (Å²) in [5.74, 6) is -0.958. The van der Waals surface area contributed by atoms with Gasteiger partial charge in [-0.15, -0.1) is 0 Å². The third kappa shape index (κ3) is 6.70. The minimum Gasteiger partial charge on any atom is -0.478 e. The molecule has 41 heavy (non-hydrogen) atoms. The third-order valence-electron chi connectivity index (χ3n) is 5.91. The van der Waals surface area contributed by atoms with Crippen LogP contribution >= 0.6 is 0 Å². The van der Waals surface area contributed by atoms with Crippen LogP contribution in [0.25, 0.3) is 44.1 Å². The van der Waals surface area contributed by atoms with Gasteiger partial charge in [-0.05, 0) is 73.2 Å². The summed E-state index contributed by atoms with van der Waals surface area (Å²) >= 11 is 0. The quantitative estimate of drug-likeness (QED) is 0.151. The fraction of sp³-hybridized carbons (Fsp3) is 0.0345. The number of rotatable bonds is 1. The van der Waals surface area contributed by atoms with Gasteiger partial charge in [0.05, 0.1) is 57.6 Å². The van der Waals surface area contributed by atoms with Gasteiger partial charge < -0.3 is 25.8 Å². The highest BCUT2D eigenvalue weighted by Crippen LogP contribution is 2.12. The van der Waals surface area contributed by atoms with E-state index in [1.165, 1.54) is 17.7 Å². The van der Waals surface area contributed by atoms with E-state index in [9.17, 15) is 4.79 Å². The van der Waals surface area contributed by atoms with Crippen molar-refractivity contribution in [2.45, 2.75) is 6.92 Å². The average Bonchev–Trinajstić information content (AvgIpc) is 3.79. The van der Waals surface area contributed by atoms with Crippen molar-refractivity contribution < 1.29 is 9.90 Å². The van der Waals surface area contributed by atoms with Gasteiger partial charge in [-0.25, -0.2) is 19.7 Å². The molecule has 0 amide bonds. The van der Waals surface area contributed by atoms with Crippen molar-refractivity contribution in [3.8, 4) is 0 Å². The van der Waals surface area contributed by atoms with E-state index in [1.807, 2.05) is 48.5 Å². The zero-order valence-electron chi connectivity index (χ0n) is 21.9. The molecule has 7 N–H and O–H groups in total. The van der Waals surface area contributed by atoms with Crippen LogP contribution in [0, 0.1) is 6.92 Å². The number of carboxylic acids is 1. The van der Waals surface area contributed by atoms with E-state index in [2.05, 4.69) is 64.4 Å². The molecule has 0 aliphatic carbocycles. The van der Waals surface area contributed by atoms with Gasteiger partial charge in [-0.2, -0.15) is 15.4 Å². The maximum absolute atomic E-state index is 10.5. The highest BCUT2D eigenvalue weighted by Gasteiger charge is 2.04. The van der Waals surface area contributed by atoms with Crippen molar-refractivity contribution in [1.29, 1.82) is 0 Å². The first-order valence-corrected chi connectivity index (χ1v) is 12.5. The number of aromatic carboxylic acids is 1. The number of carboxylic acid groups (broad SMARTS) is 1. The molecule has 12 nitrogen and oxygen atoms in total. The molecule has 0 spiro atoms. The summed E-state index contributed by atoms with van der Waals surface area (Å²) in [7, 11) is 0. The van der Waals surface area contributed by atoms with E-state index < -0.39 is 5.97 Å². The Bertz CT molecular complexity index is 1930. The lowest BCUT2D eigenvalue weighted by Gasteiger charge is -1.90. The Kier molecular flexibility index (Phi) is 7.91. The minimum absolute atomic E-state index is 0.219. The molecule has 0 fully saturated rings. The highest BCUT2D eigenvalue weighted by atomic mass is 16.4. The zero-order valence-corrected chi connectivity index (χ0v) is 21.9. The number of para-hydroxylation sites is 2. The molecule has 4 aromatic carbocycles. The van der Waals surface area contributed by atoms with Crippen LogP contribution < -0.4 is 5.73 Å². The summed E-state index contributed by atoms with van der Waals surface area (Å²) in [6.45, 7) is 2.07. The van der Waals surface area contributed by atoms with Crippen LogP contribution in [0.2, 0.25) is 0 Å². The SMILES string of the molecule is Cc1ccc2nc[nH]c2c1.Nc1ccc2nc[nH]c2c1.O=C(O)c1ccc2n[nH]nc2c1.c1ccc2[nH]cnc2c1. The van der Waals surface area contributed by atoms with Crippen molar-refractivity contribution >= 4 is 55.8 Å². The number of nitrogens with zero attached hydrogens (tertiary/aromatic N) is 5. The first-order valence-electron chi connectivity index (χ1n) is 12.5. The normalized spacial score (nSPS) is 10.4. The molecule has 0 aliphatic rings. The average molecular weight is 547 g/mol. The van der Waals surface area contributed by atoms with Crippen LogP contribution in [0.4, 0.5) is 5.69 Å². The molecule has 4 aromatic heterocycles. The van der Waals surface area contributed by atoms with Gasteiger partial charge in [0.25, 0.3) is 0 Å². The van der Waals surface area contributed by atoms with Gasteiger partial charge in [0.1, 0.15) is 11.0 Å². The van der Waals surface area contributed by atoms with Crippen LogP contribution in [-0.4, -0.2) is 56.4 Å². The Balaban J connectivity index is 0.000000110. The second-order valence-electron chi connectivity index (χ2n) is 8.85. The molecule has 0 unspecified atom stereocenters. The van der Waals surface area contributed by atoms with Gasteiger partial charge in [0.15, 0.2) is 0 Å². The predicted octanol–water partition coefficient (Wildman–Crippen LogP) is 5.24. The first kappa shape index (κ1) is 26.6. The topological polar surface area (TPSA) is 191 Å². The fourth-order valence-corrected chi connectivity index (χ4v) is 3.86. The number of carbonyl (C=O) groups is 1. The van der Waals surface area contributed by atoms with E-state index in [1.54, 1.807) is 25.0 Å². The molecule has 8 rings (SSSR count). The molecule has 0 saturated carbocycles. The van der Waals surface area contributed by atoms with Gasteiger partial charge >= 0.3 is 5.97 Å². The molecule has 204 valence electrons. The van der Waals surface area contributed by atoms with Crippen molar-refractivity contribution in [2.75, 3.05) is 5.73 Å². The standard InChI is InChI=1S/C8H8N2.C7H5N3O2.C7H7N3.C7H6N2/c1-6-2-3-7-8(4-6)10-5-9-7;11-7(12)4-1-2-5-6(3-4)9-10-8-5;8-5-1-2-6-7(3-5)10-4-9-6;1-2-4-7-6(3-1)8-5-9-7/h2-5H,1H3,(H,9,10);1-3H,(H,11,12)(H,8,9,10);1-4H,8H2,(H,9,10);1-5H,(H,8,9). The predicted molar refractivity (Wildman–Crippen MR) is 158 cm³/mol. The Labute approximate surface area is 232 Å². The number of aromatic nitrogens is 9. The van der Waals surface area contributed by atoms with Crippen LogP contribution in [0.15, 0.2) is 97.8 Å². The Hall–Kier alpha value is -6.04. The molecular weight excluding hydrogens is 520 g/mol. The molecule has 0 saturated heterocycles. The van der Waals surface area contributed by atoms with Gasteiger partial charge in [0, 0.05) is 5.69 Å². The molecule has 0 atom stereocenters. The van der Waals surface area contributed by atoms with Crippen LogP contribution in [0.1, 0.15) is 15.9 Å². The monoisotopic (exact) mass is 546 g/mol. The maximum atomic E-state index is 10.5. The number of nitrogens with two attached hydrogens (primary N) is 1. The van der Waals surface area contributed by atoms with Crippen LogP contribution in [0.5, 0.6) is 0 Å². The Morgan fingerprint density at radius 2 is 1.24 bits per heavy atom. The number of imidazole rings is 3. The fourth-order valence-electron chi connectivity index (χ4n) is 3.86. The van der Waals surface area contributed by atoms with Crippen molar-refractivity contribution in [1.82, 2.24) is 45.3 Å². The van der Waals surface area contributed by atoms with E-state index in [0.717, 1.165) is 38.8 Å². The lowest BCUT2D eigenvalue weighted by atomic mass is 10.2. The number of benzene rings is 4. The summed E-state index contributed by atoms with van der Waals surface area (Å²) in [6, 6.07) is 24.3. The van der Waals surface area contributed by atoms with Crippen molar-refractivity contribution in [3.63, 3.8) is 0 Å². The molecule has 0 aliphatic heterocycles. The van der Waals surface area contributed by atoms with E-state index in [4.69, 9.17) is 10.8 Å². The van der Waals surface area contributed by atoms with E-state index in [-0.39, 0.29) is 5.56 Å². The lowest BCUT2D eigenvalue weighted by Crippen LogP contribution is -1.94. The third-order valence-corrected chi connectivity index (χ3v) is 5.91. The van der Waals surface area contributed by atoms with E-state index in [0.29, 0.717) is 11.0 Å². The number of hydrogen-bond donors (Lipinski definition) is 6. The Morgan fingerprint density at radius 1 is 0.659 bits per heavy atom. The smallest absolute Gasteiger partial charge is 0.335 e. The number of anilines is 1. The zero-order chi connectivity index (χ0) is 28.6. The van der Waals surface area contributed by atoms with E-state index >= 15 is 0 Å². The van der Waals surface area contributed by atoms with Crippen LogP contribution in [0.3, 0.4) is 0 Å². The number of nitrogens with one attached hydrogen (secondary N) is 4. The number of H-pyrrole nitrogens is 4. The lowest BCUT2D eigenvalue weighted by molar-refractivity contribution is 0.0697. The second kappa shape index (κ2) is 12.2. The maximum Gasteiger partial charge on any atom is 0.335 e. The van der Waals surface area contributed by atoms with Gasteiger partial charge in [0.2, 0.25) is 0 Å². The number of hydrogen-bond acceptors (Lipinski definition) is 7. The second-order valence-corrected chi connectivity index (χ2v) is 8.85. The molecule has 12 heteroatoms. The first-order chi connectivity index (χ1) is 20.0. The number of fused-ring (bicyclic) bond motifs is 4. The molecule has 4 heterocycles. The molecular formula is C29H26N10O2. The minimum atomic E-state index is -0.958. The van der Waals surface area contributed by atoms with Crippen LogP contribution in [-0.2, 0) is 0 Å². The van der Waals surface area contributed by atoms with Crippen molar-refractivity contribution in [3.05, 3.63) is 109 Å². The van der Waals surface area contributed by atoms with Crippen molar-refractivity contribution in [2.24, 2.45) is 0 Å². The Morgan fingerprint density at radius 3 is 1.95 bits per heavy atom. The number of aromatic amines is 4. The number of aryl methyl sites for hydroxylation is 1. The largest absolute Gasteiger partial charge is 0.478 e. The highest BCUT2D eigenvalue weighted by molar-refractivity contribution is 5.92. The molecule has 0 radical (unpaired) electrons. The summed E-state index contributed by atoms with van der Waals surface area (Å²) < 4.78 is 0. The van der Waals surface area contributed by atoms with Gasteiger partial charge in [-0.1, -0.05) is 18.2 Å². The summed E-state index contributed by atoms with van der Waals surface area (Å²) in [5.41, 5.74) is 15.2. The summed E-state index contributed by atoms with van der Waals surface area (Å²) in [5, 5.41) is 18.6. The molecule has 0 bridgehead atoms. The molecule has 8 aromatic rings. The number of nitrogen functional groups attached to an aromatic ring is 1. The van der Waals surface area contributed by atoms with Gasteiger partial charge in [-0.3, -0.25) is 0 Å². The summed E-state index contributed by atoms with van der Waals surface area (Å²) in [4.78, 5) is 31.8.